The van der Waals surface area contributed by atoms with Crippen LogP contribution >= 0.6 is 15.9 Å². The maximum absolute atomic E-state index is 10.7. The van der Waals surface area contributed by atoms with Crippen molar-refractivity contribution in [3.05, 3.63) is 0 Å². The second-order valence-corrected chi connectivity index (χ2v) is 2.85. The van der Waals surface area contributed by atoms with Gasteiger partial charge in [0.1, 0.15) is 18.3 Å². The van der Waals surface area contributed by atoms with Gasteiger partial charge in [-0.25, -0.2) is 0 Å². The summed E-state index contributed by atoms with van der Waals surface area (Å²) in [7, 11) is 0. The van der Waals surface area contributed by atoms with E-state index >= 15 is 0 Å². The number of ketones is 1. The van der Waals surface area contributed by atoms with E-state index in [1.807, 2.05) is 0 Å². The molecule has 0 amide bonds. The van der Waals surface area contributed by atoms with Crippen LogP contribution in [0.2, 0.25) is 0 Å². The van der Waals surface area contributed by atoms with Gasteiger partial charge in [-0.05, 0) is 0 Å². The van der Waals surface area contributed by atoms with E-state index in [4.69, 9.17) is 20.4 Å². The maximum atomic E-state index is 10.7. The molecule has 0 aliphatic carbocycles. The van der Waals surface area contributed by atoms with E-state index in [0.29, 0.717) is 0 Å². The third kappa shape index (κ3) is 3.16. The molecule has 0 aliphatic heterocycles. The zero-order valence-electron chi connectivity index (χ0n) is 6.22. The zero-order valence-corrected chi connectivity index (χ0v) is 7.81. The van der Waals surface area contributed by atoms with Crippen LogP contribution in [0, 0.1) is 0 Å². The fourth-order valence-corrected chi connectivity index (χ4v) is 0.920. The van der Waals surface area contributed by atoms with Crippen LogP contribution < -0.4 is 0 Å². The minimum absolute atomic E-state index is 0.108. The Hall–Kier alpha value is -0.0100. The Balaban J connectivity index is 4.08. The van der Waals surface area contributed by atoms with Crippen LogP contribution in [0.3, 0.4) is 0 Å². The summed E-state index contributed by atoms with van der Waals surface area (Å²) >= 11 is 2.79. The molecule has 0 bridgehead atoms. The second-order valence-electron chi connectivity index (χ2n) is 2.29. The number of alkyl halides is 1. The van der Waals surface area contributed by atoms with E-state index in [0.717, 1.165) is 0 Å². The lowest BCUT2D eigenvalue weighted by Gasteiger charge is -2.19. The van der Waals surface area contributed by atoms with Crippen molar-refractivity contribution in [1.29, 1.82) is 0 Å². The summed E-state index contributed by atoms with van der Waals surface area (Å²) in [6.45, 7) is -0.701. The van der Waals surface area contributed by atoms with Crippen molar-refractivity contribution in [1.82, 2.24) is 0 Å². The van der Waals surface area contributed by atoms with Crippen LogP contribution in [-0.4, -0.2) is 56.5 Å². The first-order valence-corrected chi connectivity index (χ1v) is 4.40. The number of carbonyl (C=O) groups is 1. The Morgan fingerprint density at radius 2 is 1.83 bits per heavy atom. The molecular weight excluding hydrogens is 232 g/mol. The number of halogens is 1. The van der Waals surface area contributed by atoms with Crippen molar-refractivity contribution in [3.8, 4) is 0 Å². The number of Topliss-reactive ketones (excluding diaryl/α,β-unsaturated/α-hetero) is 1. The molecule has 3 unspecified atom stereocenters. The first kappa shape index (κ1) is 12.0. The molecule has 0 aliphatic rings. The van der Waals surface area contributed by atoms with Crippen molar-refractivity contribution >= 4 is 21.7 Å². The highest BCUT2D eigenvalue weighted by Crippen LogP contribution is 2.02. The Morgan fingerprint density at radius 1 is 1.33 bits per heavy atom. The highest BCUT2D eigenvalue weighted by Gasteiger charge is 2.28. The number of aliphatic hydroxyl groups excluding tert-OH is 4. The van der Waals surface area contributed by atoms with E-state index in [9.17, 15) is 4.79 Å². The fraction of sp³-hybridized carbons (Fsp3) is 0.833. The molecule has 5 nitrogen and oxygen atoms in total. The maximum Gasteiger partial charge on any atom is 0.174 e. The molecule has 0 saturated carbocycles. The molecule has 6 heteroatoms. The minimum atomic E-state index is -1.66. The first-order valence-electron chi connectivity index (χ1n) is 3.28. The van der Waals surface area contributed by atoms with Crippen molar-refractivity contribution in [2.24, 2.45) is 0 Å². The zero-order chi connectivity index (χ0) is 9.72. The Labute approximate surface area is 77.8 Å². The first-order chi connectivity index (χ1) is 5.54. The van der Waals surface area contributed by atoms with Gasteiger partial charge >= 0.3 is 0 Å². The van der Waals surface area contributed by atoms with Crippen LogP contribution in [0.15, 0.2) is 0 Å². The summed E-state index contributed by atoms with van der Waals surface area (Å²) < 4.78 is 0. The molecule has 0 aromatic rings. The lowest BCUT2D eigenvalue weighted by Crippen LogP contribution is -2.44. The minimum Gasteiger partial charge on any atom is -0.394 e. The van der Waals surface area contributed by atoms with E-state index in [1.165, 1.54) is 0 Å². The quantitative estimate of drug-likeness (QED) is 0.420. The van der Waals surface area contributed by atoms with Gasteiger partial charge in [0.05, 0.1) is 11.9 Å². The van der Waals surface area contributed by atoms with Crippen molar-refractivity contribution in [2.45, 2.75) is 18.3 Å². The molecule has 12 heavy (non-hydrogen) atoms. The molecule has 0 fully saturated rings. The summed E-state index contributed by atoms with van der Waals surface area (Å²) in [6.07, 6.45) is -4.80. The molecule has 0 spiro atoms. The normalized spacial score (nSPS) is 18.4. The predicted octanol–water partition coefficient (Wildman–Crippen LogP) is -1.97. The molecule has 0 saturated heterocycles. The monoisotopic (exact) mass is 242 g/mol. The van der Waals surface area contributed by atoms with Crippen molar-refractivity contribution < 1.29 is 25.2 Å². The van der Waals surface area contributed by atoms with Gasteiger partial charge < -0.3 is 20.4 Å². The topological polar surface area (TPSA) is 98.0 Å². The number of aliphatic hydroxyl groups is 4. The van der Waals surface area contributed by atoms with Gasteiger partial charge in [-0.2, -0.15) is 0 Å². The molecule has 0 heterocycles. The average Bonchev–Trinajstić information content (AvgIpc) is 2.12. The lowest BCUT2D eigenvalue weighted by atomic mass is 10.1. The summed E-state index contributed by atoms with van der Waals surface area (Å²) in [5.41, 5.74) is 0. The number of hydrogen-bond acceptors (Lipinski definition) is 5. The average molecular weight is 243 g/mol. The van der Waals surface area contributed by atoms with Crippen LogP contribution in [0.25, 0.3) is 0 Å². The molecule has 4 N–H and O–H groups in total. The molecular formula is C6H11BrO5. The molecule has 3 atom stereocenters. The Morgan fingerprint density at radius 3 is 2.17 bits per heavy atom. The van der Waals surface area contributed by atoms with Gasteiger partial charge in [-0.3, -0.25) is 4.79 Å². The largest absolute Gasteiger partial charge is 0.394 e. The van der Waals surface area contributed by atoms with Gasteiger partial charge in [0.25, 0.3) is 0 Å². The summed E-state index contributed by atoms with van der Waals surface area (Å²) in [4.78, 5) is 10.7. The fourth-order valence-electron chi connectivity index (χ4n) is 0.588. The highest BCUT2D eigenvalue weighted by molar-refractivity contribution is 9.09. The van der Waals surface area contributed by atoms with Crippen LogP contribution in [0.1, 0.15) is 0 Å². The number of hydrogen-bond donors (Lipinski definition) is 4. The van der Waals surface area contributed by atoms with Crippen LogP contribution in [0.4, 0.5) is 0 Å². The van der Waals surface area contributed by atoms with E-state index < -0.39 is 30.7 Å². The Kier molecular flexibility index (Phi) is 5.60. The van der Waals surface area contributed by atoms with Crippen LogP contribution in [-0.2, 0) is 4.79 Å². The van der Waals surface area contributed by atoms with Gasteiger partial charge in [-0.1, -0.05) is 15.9 Å². The Bertz CT molecular complexity index is 151. The van der Waals surface area contributed by atoms with Crippen molar-refractivity contribution in [3.63, 3.8) is 0 Å². The predicted molar refractivity (Wildman–Crippen MR) is 43.9 cm³/mol. The third-order valence-electron chi connectivity index (χ3n) is 1.37. The van der Waals surface area contributed by atoms with Gasteiger partial charge in [-0.15, -0.1) is 0 Å². The molecule has 72 valence electrons. The van der Waals surface area contributed by atoms with Crippen molar-refractivity contribution in [2.75, 3.05) is 11.9 Å². The number of carbonyl (C=O) groups excluding carboxylic acids is 1. The summed E-state index contributed by atoms with van der Waals surface area (Å²) in [6, 6.07) is 0. The molecule has 0 aromatic carbocycles. The molecule has 0 aromatic heterocycles. The van der Waals surface area contributed by atoms with Gasteiger partial charge in [0.15, 0.2) is 5.78 Å². The van der Waals surface area contributed by atoms with E-state index in [1.54, 1.807) is 0 Å². The van der Waals surface area contributed by atoms with E-state index in [-0.39, 0.29) is 5.33 Å². The number of rotatable bonds is 5. The third-order valence-corrected chi connectivity index (χ3v) is 1.92. The van der Waals surface area contributed by atoms with Gasteiger partial charge in [0, 0.05) is 0 Å². The SMILES string of the molecule is O=C(CBr)C(O)C(O)C(O)CO. The van der Waals surface area contributed by atoms with Gasteiger partial charge in [0.2, 0.25) is 0 Å². The van der Waals surface area contributed by atoms with E-state index in [2.05, 4.69) is 15.9 Å². The highest BCUT2D eigenvalue weighted by atomic mass is 79.9. The lowest BCUT2D eigenvalue weighted by molar-refractivity contribution is -0.137. The summed E-state index contributed by atoms with van der Waals surface area (Å²) in [5.74, 6) is -0.644. The van der Waals surface area contributed by atoms with Crippen LogP contribution in [0.5, 0.6) is 0 Å². The smallest absolute Gasteiger partial charge is 0.174 e. The molecule has 0 radical (unpaired) electrons. The second kappa shape index (κ2) is 5.60. The molecule has 0 rings (SSSR count). The summed E-state index contributed by atoms with van der Waals surface area (Å²) in [5, 5.41) is 35.0. The standard InChI is InChI=1S/C6H11BrO5/c7-1-3(9)5(11)6(12)4(10)2-8/h4-6,8,10-12H,1-2H2.